The van der Waals surface area contributed by atoms with Gasteiger partial charge in [0.1, 0.15) is 21.7 Å². The minimum atomic E-state index is -1.18. The fraction of sp³-hybridized carbons (Fsp3) is 0.875. The molecule has 1 heterocycles. The third kappa shape index (κ3) is 4.16. The molecular weight excluding hydrogens is 300 g/mol. The second-order valence-corrected chi connectivity index (χ2v) is 10.6. The summed E-state index contributed by atoms with van der Waals surface area (Å²) in [6, 6.07) is 0. The molecule has 0 aromatic carbocycles. The van der Waals surface area contributed by atoms with Gasteiger partial charge in [-0.05, 0) is 54.4 Å². The Bertz CT molecular complexity index is 451. The quantitative estimate of drug-likeness (QED) is 0.578. The molecule has 1 amide bonds. The average molecular weight is 328 g/mol. The fourth-order valence-electron chi connectivity index (χ4n) is 2.93. The van der Waals surface area contributed by atoms with Crippen LogP contribution in [0, 0.1) is 11.3 Å². The number of rotatable bonds is 2. The van der Waals surface area contributed by atoms with Crippen molar-refractivity contribution in [2.45, 2.75) is 64.7 Å². The van der Waals surface area contributed by atoms with Crippen LogP contribution < -0.4 is 0 Å². The normalized spacial score (nSPS) is 23.3. The SMILES string of the molecule is CC(C)(C)OC(=O)N1CC2(CC(C=N[S+]([O-])C(C)(C)C)C2)C1. The van der Waals surface area contributed by atoms with Crippen LogP contribution in [0.4, 0.5) is 4.79 Å². The number of carbonyl (C=O) groups excluding carboxylic acids is 1. The third-order valence-electron chi connectivity index (χ3n) is 3.99. The summed E-state index contributed by atoms with van der Waals surface area (Å²) in [5.74, 6) is 0.395. The number of amides is 1. The topological polar surface area (TPSA) is 65.0 Å². The first-order valence-electron chi connectivity index (χ1n) is 7.84. The first-order chi connectivity index (χ1) is 9.90. The predicted molar refractivity (Wildman–Crippen MR) is 89.4 cm³/mol. The van der Waals surface area contributed by atoms with Crippen LogP contribution in [0.25, 0.3) is 0 Å². The molecule has 1 aliphatic carbocycles. The van der Waals surface area contributed by atoms with Crippen LogP contribution in [0.15, 0.2) is 4.40 Å². The van der Waals surface area contributed by atoms with Crippen LogP contribution in [-0.2, 0) is 16.1 Å². The van der Waals surface area contributed by atoms with Gasteiger partial charge in [0.05, 0.1) is 6.21 Å². The van der Waals surface area contributed by atoms with E-state index in [2.05, 4.69) is 4.40 Å². The minimum Gasteiger partial charge on any atom is -0.591 e. The van der Waals surface area contributed by atoms with E-state index in [9.17, 15) is 9.35 Å². The Labute approximate surface area is 136 Å². The van der Waals surface area contributed by atoms with E-state index in [0.29, 0.717) is 5.92 Å². The van der Waals surface area contributed by atoms with E-state index < -0.39 is 17.0 Å². The molecule has 126 valence electrons. The van der Waals surface area contributed by atoms with Gasteiger partial charge in [-0.2, -0.15) is 0 Å². The number of carbonyl (C=O) groups is 1. The van der Waals surface area contributed by atoms with Crippen molar-refractivity contribution in [3.63, 3.8) is 0 Å². The van der Waals surface area contributed by atoms with Crippen molar-refractivity contribution in [2.24, 2.45) is 15.7 Å². The minimum absolute atomic E-state index is 0.218. The highest BCUT2D eigenvalue weighted by molar-refractivity contribution is 7.91. The van der Waals surface area contributed by atoms with Crippen LogP contribution in [0.1, 0.15) is 54.4 Å². The molecule has 1 unspecified atom stereocenters. The maximum Gasteiger partial charge on any atom is 0.410 e. The van der Waals surface area contributed by atoms with Crippen LogP contribution in [0.3, 0.4) is 0 Å². The molecule has 0 bridgehead atoms. The molecule has 2 rings (SSSR count). The Morgan fingerprint density at radius 2 is 1.82 bits per heavy atom. The summed E-state index contributed by atoms with van der Waals surface area (Å²) in [6.45, 7) is 13.0. The van der Waals surface area contributed by atoms with Gasteiger partial charge in [-0.1, -0.05) is 4.40 Å². The highest BCUT2D eigenvalue weighted by Crippen LogP contribution is 2.51. The smallest absolute Gasteiger partial charge is 0.410 e. The van der Waals surface area contributed by atoms with Crippen LogP contribution in [0.5, 0.6) is 0 Å². The largest absolute Gasteiger partial charge is 0.591 e. The van der Waals surface area contributed by atoms with Crippen molar-refractivity contribution in [2.75, 3.05) is 13.1 Å². The number of nitrogens with zero attached hydrogens (tertiary/aromatic N) is 2. The van der Waals surface area contributed by atoms with Crippen molar-refractivity contribution in [1.82, 2.24) is 4.90 Å². The monoisotopic (exact) mass is 328 g/mol. The van der Waals surface area contributed by atoms with Gasteiger partial charge < -0.3 is 14.2 Å². The lowest BCUT2D eigenvalue weighted by atomic mass is 9.58. The molecular formula is C16H28N2O3S. The summed E-state index contributed by atoms with van der Waals surface area (Å²) in [6.07, 6.45) is 3.68. The standard InChI is InChI=1S/C16H28N2O3S/c1-14(2,3)21-13(19)18-10-16(11-18)7-12(8-16)9-17-22(20)15(4,5)6/h9,12H,7-8,10-11H2,1-6H3. The molecule has 5 nitrogen and oxygen atoms in total. The van der Waals surface area contributed by atoms with E-state index >= 15 is 0 Å². The lowest BCUT2D eigenvalue weighted by molar-refractivity contribution is -0.0805. The maximum atomic E-state index is 11.9. The molecule has 0 aromatic rings. The highest BCUT2D eigenvalue weighted by Gasteiger charge is 2.54. The van der Waals surface area contributed by atoms with Crippen molar-refractivity contribution >= 4 is 23.7 Å². The Balaban J connectivity index is 1.73. The molecule has 1 aliphatic heterocycles. The van der Waals surface area contributed by atoms with E-state index in [1.54, 1.807) is 4.90 Å². The van der Waals surface area contributed by atoms with Gasteiger partial charge in [-0.3, -0.25) is 0 Å². The second kappa shape index (κ2) is 5.71. The molecule has 0 radical (unpaired) electrons. The number of likely N-dealkylation sites (tertiary alicyclic amines) is 1. The summed E-state index contributed by atoms with van der Waals surface area (Å²) in [5.41, 5.74) is -0.192. The first kappa shape index (κ1) is 17.6. The third-order valence-corrected chi connectivity index (χ3v) is 5.35. The summed E-state index contributed by atoms with van der Waals surface area (Å²) in [5, 5.41) is 0. The zero-order chi connectivity index (χ0) is 16.8. The zero-order valence-electron chi connectivity index (χ0n) is 14.5. The fourth-order valence-corrected chi connectivity index (χ4v) is 3.53. The molecule has 2 fully saturated rings. The number of ether oxygens (including phenoxy) is 1. The first-order valence-corrected chi connectivity index (χ1v) is 8.95. The van der Waals surface area contributed by atoms with E-state index in [4.69, 9.17) is 4.74 Å². The Hall–Kier alpha value is -0.750. The van der Waals surface area contributed by atoms with Gasteiger partial charge in [-0.15, -0.1) is 0 Å². The summed E-state index contributed by atoms with van der Waals surface area (Å²) in [7, 11) is 0. The summed E-state index contributed by atoms with van der Waals surface area (Å²) >= 11 is -1.18. The van der Waals surface area contributed by atoms with Crippen molar-refractivity contribution in [1.29, 1.82) is 0 Å². The lowest BCUT2D eigenvalue weighted by Crippen LogP contribution is -2.64. The molecule has 1 saturated heterocycles. The lowest BCUT2D eigenvalue weighted by Gasteiger charge is -2.57. The van der Waals surface area contributed by atoms with E-state index in [0.717, 1.165) is 25.9 Å². The maximum absolute atomic E-state index is 11.9. The molecule has 1 spiro atoms. The molecule has 1 atom stereocenters. The predicted octanol–water partition coefficient (Wildman–Crippen LogP) is 3.17. The van der Waals surface area contributed by atoms with E-state index in [1.807, 2.05) is 47.8 Å². The average Bonchev–Trinajstić information content (AvgIpc) is 2.19. The molecule has 1 saturated carbocycles. The number of hydrogen-bond acceptors (Lipinski definition) is 4. The highest BCUT2D eigenvalue weighted by atomic mass is 32.2. The zero-order valence-corrected chi connectivity index (χ0v) is 15.3. The van der Waals surface area contributed by atoms with Gasteiger partial charge in [0.25, 0.3) is 0 Å². The summed E-state index contributed by atoms with van der Waals surface area (Å²) in [4.78, 5) is 13.7. The van der Waals surface area contributed by atoms with Gasteiger partial charge in [0.15, 0.2) is 0 Å². The van der Waals surface area contributed by atoms with Crippen molar-refractivity contribution in [3.8, 4) is 0 Å². The van der Waals surface area contributed by atoms with Crippen LogP contribution in [0.2, 0.25) is 0 Å². The van der Waals surface area contributed by atoms with Crippen molar-refractivity contribution in [3.05, 3.63) is 0 Å². The Kier molecular flexibility index (Phi) is 4.57. The Morgan fingerprint density at radius 3 is 2.27 bits per heavy atom. The van der Waals surface area contributed by atoms with Gasteiger partial charge in [0, 0.05) is 24.4 Å². The summed E-state index contributed by atoms with van der Waals surface area (Å²) < 4.78 is 21.1. The van der Waals surface area contributed by atoms with E-state index in [-0.39, 0.29) is 16.3 Å². The molecule has 0 N–H and O–H groups in total. The van der Waals surface area contributed by atoms with Gasteiger partial charge in [-0.25, -0.2) is 4.79 Å². The Morgan fingerprint density at radius 1 is 1.27 bits per heavy atom. The van der Waals surface area contributed by atoms with Gasteiger partial charge >= 0.3 is 6.09 Å². The second-order valence-electron chi connectivity index (χ2n) is 8.62. The van der Waals surface area contributed by atoms with Crippen LogP contribution in [-0.4, -0.2) is 45.2 Å². The molecule has 6 heteroatoms. The van der Waals surface area contributed by atoms with Crippen LogP contribution >= 0.6 is 0 Å². The number of hydrogen-bond donors (Lipinski definition) is 0. The van der Waals surface area contributed by atoms with Gasteiger partial charge in [0.2, 0.25) is 0 Å². The molecule has 2 aliphatic rings. The van der Waals surface area contributed by atoms with E-state index in [1.165, 1.54) is 0 Å². The molecule has 22 heavy (non-hydrogen) atoms. The molecule has 0 aromatic heterocycles. The van der Waals surface area contributed by atoms with Crippen molar-refractivity contribution < 1.29 is 14.1 Å².